The first-order valence-electron chi connectivity index (χ1n) is 9.63. The van der Waals surface area contributed by atoms with Crippen LogP contribution in [0, 0.1) is 0 Å². The Morgan fingerprint density at radius 2 is 0.931 bits per heavy atom. The van der Waals surface area contributed by atoms with Crippen LogP contribution in [0.15, 0.2) is 121 Å². The SMILES string of the molecule is CN(c1ccccc1)[P+](Cc1ccccc1)(c1ccccc1)c1ccccc1.[Br-]. The van der Waals surface area contributed by atoms with Crippen molar-refractivity contribution in [3.63, 3.8) is 0 Å². The molecule has 0 unspecified atom stereocenters. The fourth-order valence-electron chi connectivity index (χ4n) is 3.82. The summed E-state index contributed by atoms with van der Waals surface area (Å²) < 4.78 is 2.53. The lowest BCUT2D eigenvalue weighted by Gasteiger charge is -2.36. The van der Waals surface area contributed by atoms with Gasteiger partial charge < -0.3 is 17.0 Å². The molecule has 0 bridgehead atoms. The zero-order valence-corrected chi connectivity index (χ0v) is 19.0. The molecule has 0 atom stereocenters. The molecule has 0 heterocycles. The first-order chi connectivity index (χ1) is 13.8. The van der Waals surface area contributed by atoms with Crippen LogP contribution in [-0.2, 0) is 6.16 Å². The number of anilines is 1. The number of benzene rings is 4. The van der Waals surface area contributed by atoms with Crippen LogP contribution in [0.1, 0.15) is 5.56 Å². The van der Waals surface area contributed by atoms with E-state index in [9.17, 15) is 0 Å². The Morgan fingerprint density at radius 1 is 0.552 bits per heavy atom. The van der Waals surface area contributed by atoms with Gasteiger partial charge in [0.05, 0.1) is 5.69 Å². The van der Waals surface area contributed by atoms with Gasteiger partial charge in [-0.2, -0.15) is 0 Å². The summed E-state index contributed by atoms with van der Waals surface area (Å²) in [4.78, 5) is 0. The molecule has 0 aliphatic carbocycles. The van der Waals surface area contributed by atoms with E-state index in [2.05, 4.69) is 133 Å². The van der Waals surface area contributed by atoms with Gasteiger partial charge in [0.25, 0.3) is 0 Å². The molecule has 146 valence electrons. The summed E-state index contributed by atoms with van der Waals surface area (Å²) in [5.41, 5.74) is 2.62. The highest BCUT2D eigenvalue weighted by Gasteiger charge is 2.47. The molecule has 0 fully saturated rings. The van der Waals surface area contributed by atoms with Crippen molar-refractivity contribution in [3.8, 4) is 0 Å². The number of hydrogen-bond donors (Lipinski definition) is 0. The Labute approximate surface area is 185 Å². The second-order valence-electron chi connectivity index (χ2n) is 6.94. The molecular formula is C26H25BrNP. The summed E-state index contributed by atoms with van der Waals surface area (Å²) in [5.74, 6) is 0. The van der Waals surface area contributed by atoms with Gasteiger partial charge >= 0.3 is 0 Å². The highest BCUT2D eigenvalue weighted by molar-refractivity contribution is 7.90. The first-order valence-corrected chi connectivity index (χ1v) is 11.6. The molecule has 4 aromatic carbocycles. The maximum absolute atomic E-state index is 2.53. The third-order valence-corrected chi connectivity index (χ3v) is 9.65. The number of hydrogen-bond acceptors (Lipinski definition) is 1. The number of rotatable bonds is 6. The van der Waals surface area contributed by atoms with Crippen LogP contribution < -0.4 is 32.3 Å². The Balaban J connectivity index is 0.00000240. The molecule has 0 radical (unpaired) electrons. The molecule has 4 aromatic rings. The van der Waals surface area contributed by atoms with Gasteiger partial charge in [0.15, 0.2) is 7.41 Å². The van der Waals surface area contributed by atoms with E-state index in [0.29, 0.717) is 0 Å². The number of nitrogens with zero attached hydrogens (tertiary/aromatic N) is 1. The van der Waals surface area contributed by atoms with E-state index in [-0.39, 0.29) is 17.0 Å². The van der Waals surface area contributed by atoms with Crippen LogP contribution in [0.3, 0.4) is 0 Å². The van der Waals surface area contributed by atoms with Crippen molar-refractivity contribution in [1.29, 1.82) is 0 Å². The number of para-hydroxylation sites is 1. The van der Waals surface area contributed by atoms with E-state index in [4.69, 9.17) is 0 Å². The van der Waals surface area contributed by atoms with Crippen LogP contribution in [0.4, 0.5) is 5.69 Å². The zero-order valence-electron chi connectivity index (χ0n) is 16.5. The van der Waals surface area contributed by atoms with Gasteiger partial charge in [-0.25, -0.2) is 4.67 Å². The third kappa shape index (κ3) is 4.45. The van der Waals surface area contributed by atoms with Crippen molar-refractivity contribution in [2.45, 2.75) is 6.16 Å². The molecule has 4 rings (SSSR count). The van der Waals surface area contributed by atoms with Crippen LogP contribution >= 0.6 is 7.41 Å². The van der Waals surface area contributed by atoms with Gasteiger partial charge in [-0.15, -0.1) is 0 Å². The Hall–Kier alpha value is -2.41. The summed E-state index contributed by atoms with van der Waals surface area (Å²) in [7, 11) is 0.354. The molecule has 0 aliphatic heterocycles. The lowest BCUT2D eigenvalue weighted by atomic mass is 10.2. The maximum Gasteiger partial charge on any atom is 0.174 e. The normalized spacial score (nSPS) is 10.8. The third-order valence-electron chi connectivity index (χ3n) is 5.26. The molecule has 1 nitrogen and oxygen atoms in total. The quantitative estimate of drug-likeness (QED) is 0.399. The van der Waals surface area contributed by atoms with Crippen molar-refractivity contribution >= 4 is 23.7 Å². The van der Waals surface area contributed by atoms with Gasteiger partial charge in [0.2, 0.25) is 0 Å². The van der Waals surface area contributed by atoms with Crippen molar-refractivity contribution in [2.24, 2.45) is 0 Å². The van der Waals surface area contributed by atoms with Crippen LogP contribution in [0.5, 0.6) is 0 Å². The highest BCUT2D eigenvalue weighted by atomic mass is 79.9. The minimum Gasteiger partial charge on any atom is -1.00 e. The van der Waals surface area contributed by atoms with Gasteiger partial charge in [-0.1, -0.05) is 84.9 Å². The molecule has 3 heteroatoms. The smallest absolute Gasteiger partial charge is 0.174 e. The Bertz CT molecular complexity index is 952. The molecule has 0 aromatic heterocycles. The van der Waals surface area contributed by atoms with E-state index in [0.717, 1.165) is 6.16 Å². The van der Waals surface area contributed by atoms with Gasteiger partial charge in [-0.3, -0.25) is 0 Å². The van der Waals surface area contributed by atoms with Crippen LogP contribution in [0.2, 0.25) is 0 Å². The summed E-state index contributed by atoms with van der Waals surface area (Å²) in [6.07, 6.45) is 0.993. The summed E-state index contributed by atoms with van der Waals surface area (Å²) in [6.45, 7) is 0. The average Bonchev–Trinajstić information content (AvgIpc) is 2.79. The molecule has 0 saturated heterocycles. The summed E-state index contributed by atoms with van der Waals surface area (Å²) in [5, 5.41) is 2.80. The Morgan fingerprint density at radius 3 is 1.38 bits per heavy atom. The minimum atomic E-state index is -1.90. The van der Waals surface area contributed by atoms with Crippen LogP contribution in [0.25, 0.3) is 0 Å². The second-order valence-corrected chi connectivity index (χ2v) is 10.4. The van der Waals surface area contributed by atoms with Crippen molar-refractivity contribution in [1.82, 2.24) is 0 Å². The minimum absolute atomic E-state index is 0. The van der Waals surface area contributed by atoms with Crippen molar-refractivity contribution in [3.05, 3.63) is 127 Å². The molecule has 0 N–H and O–H groups in total. The molecular weight excluding hydrogens is 437 g/mol. The standard InChI is InChI=1S/C26H25NP.BrH/c1-27(24-16-8-3-9-17-24)28(25-18-10-4-11-19-25,26-20-12-5-13-21-26)22-23-14-6-2-7-15-23;/h2-21H,22H2,1H3;1H/q+1;/p-1. The maximum atomic E-state index is 2.53. The first kappa shape index (κ1) is 21.3. The predicted octanol–water partition coefficient (Wildman–Crippen LogP) is 2.91. The van der Waals surface area contributed by atoms with E-state index < -0.39 is 7.41 Å². The van der Waals surface area contributed by atoms with Crippen molar-refractivity contribution in [2.75, 3.05) is 11.7 Å². The van der Waals surface area contributed by atoms with Gasteiger partial charge in [0, 0.05) is 7.05 Å². The molecule has 0 saturated carbocycles. The van der Waals surface area contributed by atoms with Crippen LogP contribution in [-0.4, -0.2) is 7.05 Å². The topological polar surface area (TPSA) is 3.24 Å². The monoisotopic (exact) mass is 461 g/mol. The van der Waals surface area contributed by atoms with E-state index in [1.54, 1.807) is 0 Å². The van der Waals surface area contributed by atoms with E-state index in [1.165, 1.54) is 21.9 Å². The Kier molecular flexibility index (Phi) is 7.25. The number of halogens is 1. The predicted molar refractivity (Wildman–Crippen MR) is 124 cm³/mol. The lowest BCUT2D eigenvalue weighted by Crippen LogP contribution is -3.00. The highest BCUT2D eigenvalue weighted by Crippen LogP contribution is 2.62. The molecule has 29 heavy (non-hydrogen) atoms. The van der Waals surface area contributed by atoms with E-state index in [1.807, 2.05) is 0 Å². The zero-order chi connectivity index (χ0) is 19.2. The lowest BCUT2D eigenvalue weighted by molar-refractivity contribution is -0.00000549. The van der Waals surface area contributed by atoms with Crippen molar-refractivity contribution < 1.29 is 17.0 Å². The van der Waals surface area contributed by atoms with Gasteiger partial charge in [-0.05, 0) is 42.0 Å². The largest absolute Gasteiger partial charge is 1.00 e. The fraction of sp³-hybridized carbons (Fsp3) is 0.0769. The van der Waals surface area contributed by atoms with E-state index >= 15 is 0 Å². The van der Waals surface area contributed by atoms with Gasteiger partial charge in [0.1, 0.15) is 16.8 Å². The second kappa shape index (κ2) is 9.87. The molecule has 0 aliphatic rings. The average molecular weight is 462 g/mol. The molecule has 0 spiro atoms. The molecule has 0 amide bonds. The fourth-order valence-corrected chi connectivity index (χ4v) is 7.99. The summed E-state index contributed by atoms with van der Waals surface area (Å²) >= 11 is 0. The summed E-state index contributed by atoms with van der Waals surface area (Å²) in [6, 6.07) is 43.7.